The van der Waals surface area contributed by atoms with E-state index in [0.717, 1.165) is 47.5 Å². The number of urea groups is 1. The molecule has 1 fully saturated rings. The highest BCUT2D eigenvalue weighted by atomic mass is 35.5. The van der Waals surface area contributed by atoms with E-state index in [-0.39, 0.29) is 29.2 Å². The molecule has 0 saturated carbocycles. The minimum absolute atomic E-state index is 0. The van der Waals surface area contributed by atoms with Gasteiger partial charge in [-0.1, -0.05) is 72.8 Å². The number of nitrogens with zero attached hydrogens (tertiary/aromatic N) is 2. The van der Waals surface area contributed by atoms with E-state index >= 15 is 0 Å². The number of hydrogen-bond donors (Lipinski definition) is 3. The lowest BCUT2D eigenvalue weighted by Crippen LogP contribution is -2.41. The van der Waals surface area contributed by atoms with Gasteiger partial charge in [0, 0.05) is 38.3 Å². The molecule has 0 unspecified atom stereocenters. The molecule has 5 rings (SSSR count). The molecule has 4 aromatic carbocycles. The highest BCUT2D eigenvalue weighted by molar-refractivity contribution is 7.89. The first-order chi connectivity index (χ1) is 22.7. The van der Waals surface area contributed by atoms with Crippen molar-refractivity contribution in [1.29, 1.82) is 0 Å². The van der Waals surface area contributed by atoms with Crippen LogP contribution in [0.3, 0.4) is 0 Å². The fourth-order valence-electron chi connectivity index (χ4n) is 5.78. The Bertz CT molecular complexity index is 1750. The second-order valence-corrected chi connectivity index (χ2v) is 13.5. The van der Waals surface area contributed by atoms with Crippen molar-refractivity contribution in [2.45, 2.75) is 37.1 Å². The summed E-state index contributed by atoms with van der Waals surface area (Å²) in [6.45, 7) is 4.98. The molecule has 1 aliphatic heterocycles. The predicted molar refractivity (Wildman–Crippen MR) is 193 cm³/mol. The van der Waals surface area contributed by atoms with Crippen LogP contribution < -0.4 is 15.8 Å². The molecular formula is C37H44ClN5O4S. The van der Waals surface area contributed by atoms with Crippen LogP contribution in [0.5, 0.6) is 0 Å². The largest absolute Gasteiger partial charge is 0.351 e. The zero-order valence-corrected chi connectivity index (χ0v) is 28.6. The number of carbonyl (C=O) groups is 2. The van der Waals surface area contributed by atoms with Gasteiger partial charge in [-0.25, -0.2) is 18.4 Å². The molecule has 4 aromatic rings. The first-order valence-electron chi connectivity index (χ1n) is 16.1. The topological polar surface area (TPSA) is 125 Å². The minimum atomic E-state index is -3.78. The van der Waals surface area contributed by atoms with Gasteiger partial charge in [-0.05, 0) is 96.9 Å². The second-order valence-electron chi connectivity index (χ2n) is 11.9. The maximum Gasteiger partial charge on any atom is 0.317 e. The Balaban J connectivity index is 0.00000520. The molecule has 0 radical (unpaired) electrons. The quantitative estimate of drug-likeness (QED) is 0.167. The monoisotopic (exact) mass is 689 g/mol. The summed E-state index contributed by atoms with van der Waals surface area (Å²) in [7, 11) is -3.78. The van der Waals surface area contributed by atoms with Gasteiger partial charge in [0.2, 0.25) is 10.0 Å². The van der Waals surface area contributed by atoms with Crippen molar-refractivity contribution in [2.24, 2.45) is 5.14 Å². The van der Waals surface area contributed by atoms with Crippen LogP contribution in [-0.4, -0.2) is 69.4 Å². The number of benzene rings is 4. The van der Waals surface area contributed by atoms with Gasteiger partial charge in [0.05, 0.1) is 4.90 Å². The van der Waals surface area contributed by atoms with Crippen LogP contribution in [0.15, 0.2) is 108 Å². The van der Waals surface area contributed by atoms with E-state index in [1.807, 2.05) is 72.8 Å². The number of sulfonamides is 1. The summed E-state index contributed by atoms with van der Waals surface area (Å²) in [5, 5.41) is 11.4. The van der Waals surface area contributed by atoms with Gasteiger partial charge in [0.15, 0.2) is 0 Å². The molecule has 0 bridgehead atoms. The Morgan fingerprint density at radius 3 is 2.08 bits per heavy atom. The van der Waals surface area contributed by atoms with Gasteiger partial charge in [-0.3, -0.25) is 4.79 Å². The molecule has 1 saturated heterocycles. The molecule has 48 heavy (non-hydrogen) atoms. The summed E-state index contributed by atoms with van der Waals surface area (Å²) >= 11 is 0. The Morgan fingerprint density at radius 2 is 1.38 bits per heavy atom. The Kier molecular flexibility index (Phi) is 13.6. The summed E-state index contributed by atoms with van der Waals surface area (Å²) in [6.07, 6.45) is 3.70. The van der Waals surface area contributed by atoms with Crippen LogP contribution in [-0.2, 0) is 29.4 Å². The van der Waals surface area contributed by atoms with Crippen LogP contribution >= 0.6 is 12.4 Å². The average molecular weight is 690 g/mol. The fraction of sp³-hybridized carbons (Fsp3) is 0.297. The summed E-state index contributed by atoms with van der Waals surface area (Å²) in [5.41, 5.74) is 5.48. The summed E-state index contributed by atoms with van der Waals surface area (Å²) < 4.78 is 23.3. The minimum Gasteiger partial charge on any atom is -0.351 e. The zero-order chi connectivity index (χ0) is 33.1. The van der Waals surface area contributed by atoms with E-state index in [4.69, 9.17) is 5.14 Å². The maximum absolute atomic E-state index is 13.5. The van der Waals surface area contributed by atoms with Crippen molar-refractivity contribution in [3.63, 3.8) is 0 Å². The number of hydrogen-bond acceptors (Lipinski definition) is 5. The molecule has 0 aliphatic carbocycles. The standard InChI is InChI=1S/C37H43N5O4S.ClH/c38-47(45,46)35-16-14-30(15-17-35)19-24-42(37(44)40-20-18-29-8-2-1-3-9-29)28-31-10-6-11-32(26-31)33-12-7-13-34(27-33)36(43)39-21-25-41-22-4-5-23-41;/h1-3,6-17,26-27H,4-5,18-25,28H2,(H,39,43)(H,40,44)(H2,38,45,46);1H. The van der Waals surface area contributed by atoms with E-state index < -0.39 is 10.0 Å². The highest BCUT2D eigenvalue weighted by Gasteiger charge is 2.16. The van der Waals surface area contributed by atoms with Gasteiger partial charge >= 0.3 is 6.03 Å². The first kappa shape index (κ1) is 36.6. The lowest BCUT2D eigenvalue weighted by atomic mass is 10.0. The molecule has 0 aromatic heterocycles. The lowest BCUT2D eigenvalue weighted by Gasteiger charge is -2.24. The number of likely N-dealkylation sites (tertiary alicyclic amines) is 1. The van der Waals surface area contributed by atoms with Crippen molar-refractivity contribution >= 4 is 34.4 Å². The number of primary sulfonamides is 1. The molecule has 0 atom stereocenters. The SMILES string of the molecule is Cl.NS(=O)(=O)c1ccc(CCN(Cc2cccc(-c3cccc(C(=O)NCCN4CCCC4)c3)c2)C(=O)NCCc2ccccc2)cc1. The molecule has 9 nitrogen and oxygen atoms in total. The first-order valence-corrected chi connectivity index (χ1v) is 17.7. The smallest absolute Gasteiger partial charge is 0.317 e. The van der Waals surface area contributed by atoms with E-state index in [1.165, 1.54) is 25.0 Å². The van der Waals surface area contributed by atoms with Crippen molar-refractivity contribution in [1.82, 2.24) is 20.4 Å². The van der Waals surface area contributed by atoms with E-state index in [0.29, 0.717) is 44.6 Å². The number of nitrogens with one attached hydrogen (secondary N) is 2. The van der Waals surface area contributed by atoms with Gasteiger partial charge in [0.1, 0.15) is 0 Å². The molecule has 4 N–H and O–H groups in total. The van der Waals surface area contributed by atoms with Gasteiger partial charge < -0.3 is 20.4 Å². The maximum atomic E-state index is 13.5. The van der Waals surface area contributed by atoms with Crippen molar-refractivity contribution in [2.75, 3.05) is 39.3 Å². The third kappa shape index (κ3) is 10.9. The van der Waals surface area contributed by atoms with Gasteiger partial charge in [-0.15, -0.1) is 12.4 Å². The lowest BCUT2D eigenvalue weighted by molar-refractivity contribution is 0.0949. The van der Waals surface area contributed by atoms with Gasteiger partial charge in [-0.2, -0.15) is 0 Å². The van der Waals surface area contributed by atoms with E-state index in [2.05, 4.69) is 21.6 Å². The molecule has 254 valence electrons. The Morgan fingerprint density at radius 1 is 0.729 bits per heavy atom. The van der Waals surface area contributed by atoms with Gasteiger partial charge in [0.25, 0.3) is 5.91 Å². The number of rotatable bonds is 14. The molecule has 0 spiro atoms. The van der Waals surface area contributed by atoms with Crippen molar-refractivity contribution in [3.8, 4) is 11.1 Å². The average Bonchev–Trinajstić information content (AvgIpc) is 3.61. The molecular weight excluding hydrogens is 646 g/mol. The van der Waals surface area contributed by atoms with E-state index in [1.54, 1.807) is 17.0 Å². The number of nitrogens with two attached hydrogens (primary N) is 1. The third-order valence-electron chi connectivity index (χ3n) is 8.41. The molecule has 1 heterocycles. The second kappa shape index (κ2) is 17.8. The summed E-state index contributed by atoms with van der Waals surface area (Å²) in [5.74, 6) is -0.0855. The summed E-state index contributed by atoms with van der Waals surface area (Å²) in [4.78, 5) is 30.6. The third-order valence-corrected chi connectivity index (χ3v) is 9.34. The van der Waals surface area contributed by atoms with Crippen LogP contribution in [0.4, 0.5) is 4.79 Å². The molecule has 3 amide bonds. The number of halogens is 1. The predicted octanol–water partition coefficient (Wildman–Crippen LogP) is 5.25. The zero-order valence-electron chi connectivity index (χ0n) is 27.0. The normalized spacial score (nSPS) is 13.0. The molecule has 11 heteroatoms. The molecule has 1 aliphatic rings. The summed E-state index contributed by atoms with van der Waals surface area (Å²) in [6, 6.07) is 31.9. The number of carbonyl (C=O) groups excluding carboxylic acids is 2. The van der Waals surface area contributed by atoms with Crippen LogP contribution in [0, 0.1) is 0 Å². The highest BCUT2D eigenvalue weighted by Crippen LogP contribution is 2.23. The Hall–Kier alpha value is -4.22. The van der Waals surface area contributed by atoms with Crippen molar-refractivity contribution < 1.29 is 18.0 Å². The number of amides is 3. The van der Waals surface area contributed by atoms with E-state index in [9.17, 15) is 18.0 Å². The van der Waals surface area contributed by atoms with Crippen LogP contribution in [0.1, 0.15) is 39.9 Å². The van der Waals surface area contributed by atoms with Crippen LogP contribution in [0.25, 0.3) is 11.1 Å². The van der Waals surface area contributed by atoms with Crippen LogP contribution in [0.2, 0.25) is 0 Å². The Labute approximate surface area is 290 Å². The fourth-order valence-corrected chi connectivity index (χ4v) is 6.29. The van der Waals surface area contributed by atoms with Crippen molar-refractivity contribution in [3.05, 3.63) is 125 Å².